The van der Waals surface area contributed by atoms with Gasteiger partial charge in [-0.3, -0.25) is 4.79 Å². The number of nitrogens with one attached hydrogen (secondary N) is 1. The van der Waals surface area contributed by atoms with Gasteiger partial charge in [0.15, 0.2) is 0 Å². The van der Waals surface area contributed by atoms with E-state index in [1.54, 1.807) is 0 Å². The first-order valence-corrected chi connectivity index (χ1v) is 10.3. The van der Waals surface area contributed by atoms with Gasteiger partial charge in [0.1, 0.15) is 0 Å². The molecule has 1 heterocycles. The molecule has 0 aliphatic carbocycles. The third-order valence-corrected chi connectivity index (χ3v) is 5.64. The zero-order valence-corrected chi connectivity index (χ0v) is 16.7. The molecule has 0 bridgehead atoms. The molecular formula is C24H32N2O. The lowest BCUT2D eigenvalue weighted by Crippen LogP contribution is -2.37. The van der Waals surface area contributed by atoms with Gasteiger partial charge in [0.05, 0.1) is 0 Å². The Morgan fingerprint density at radius 3 is 2.67 bits per heavy atom. The van der Waals surface area contributed by atoms with Crippen LogP contribution >= 0.6 is 0 Å². The topological polar surface area (TPSA) is 32.3 Å². The molecule has 27 heavy (non-hydrogen) atoms. The third kappa shape index (κ3) is 5.93. The monoisotopic (exact) mass is 364 g/mol. The third-order valence-electron chi connectivity index (χ3n) is 5.64. The second-order valence-electron chi connectivity index (χ2n) is 7.79. The summed E-state index contributed by atoms with van der Waals surface area (Å²) >= 11 is 0. The SMILES string of the molecule is CCC(=O)Nc1ccc(CC2CCCN(CCc3ccccc3C)C2)cc1. The van der Waals surface area contributed by atoms with Crippen LogP contribution < -0.4 is 5.32 Å². The van der Waals surface area contributed by atoms with E-state index in [1.807, 2.05) is 19.1 Å². The molecule has 2 aromatic rings. The molecule has 1 unspecified atom stereocenters. The number of nitrogens with zero attached hydrogens (tertiary/aromatic N) is 1. The Morgan fingerprint density at radius 1 is 1.15 bits per heavy atom. The van der Waals surface area contributed by atoms with E-state index in [-0.39, 0.29) is 5.91 Å². The molecule has 3 nitrogen and oxygen atoms in total. The van der Waals surface area contributed by atoms with Gasteiger partial charge in [0, 0.05) is 25.2 Å². The highest BCUT2D eigenvalue weighted by molar-refractivity contribution is 5.90. The van der Waals surface area contributed by atoms with Gasteiger partial charge in [-0.05, 0) is 73.9 Å². The molecule has 0 aromatic heterocycles. The normalized spacial score (nSPS) is 17.6. The smallest absolute Gasteiger partial charge is 0.224 e. The summed E-state index contributed by atoms with van der Waals surface area (Å²) in [7, 11) is 0. The fourth-order valence-corrected chi connectivity index (χ4v) is 4.00. The van der Waals surface area contributed by atoms with Crippen molar-refractivity contribution in [3.8, 4) is 0 Å². The van der Waals surface area contributed by atoms with Gasteiger partial charge in [-0.15, -0.1) is 0 Å². The second-order valence-corrected chi connectivity index (χ2v) is 7.79. The highest BCUT2D eigenvalue weighted by atomic mass is 16.1. The van der Waals surface area contributed by atoms with E-state index in [1.165, 1.54) is 42.6 Å². The average molecular weight is 365 g/mol. The molecule has 1 saturated heterocycles. The molecule has 1 N–H and O–H groups in total. The number of anilines is 1. The van der Waals surface area contributed by atoms with Crippen molar-refractivity contribution in [2.45, 2.75) is 46.0 Å². The predicted molar refractivity (Wildman–Crippen MR) is 113 cm³/mol. The van der Waals surface area contributed by atoms with Gasteiger partial charge in [-0.25, -0.2) is 0 Å². The zero-order chi connectivity index (χ0) is 19.1. The van der Waals surface area contributed by atoms with E-state index in [9.17, 15) is 4.79 Å². The van der Waals surface area contributed by atoms with Gasteiger partial charge < -0.3 is 10.2 Å². The number of piperidine rings is 1. The van der Waals surface area contributed by atoms with Crippen molar-refractivity contribution in [1.82, 2.24) is 4.90 Å². The molecule has 1 aliphatic rings. The molecule has 144 valence electrons. The summed E-state index contributed by atoms with van der Waals surface area (Å²) in [5.74, 6) is 0.797. The fraction of sp³-hybridized carbons (Fsp3) is 0.458. The number of amides is 1. The van der Waals surface area contributed by atoms with E-state index in [2.05, 4.69) is 53.5 Å². The molecule has 1 amide bonds. The van der Waals surface area contributed by atoms with Gasteiger partial charge in [0.2, 0.25) is 5.91 Å². The first-order valence-electron chi connectivity index (χ1n) is 10.3. The quantitative estimate of drug-likeness (QED) is 0.762. The number of aryl methyl sites for hydroxylation is 1. The number of benzene rings is 2. The highest BCUT2D eigenvalue weighted by Gasteiger charge is 2.20. The van der Waals surface area contributed by atoms with Crippen LogP contribution in [-0.4, -0.2) is 30.4 Å². The second kappa shape index (κ2) is 9.70. The molecule has 0 saturated carbocycles. The van der Waals surface area contributed by atoms with Gasteiger partial charge >= 0.3 is 0 Å². The van der Waals surface area contributed by atoms with Crippen LogP contribution in [0.15, 0.2) is 48.5 Å². The Morgan fingerprint density at radius 2 is 1.93 bits per heavy atom. The predicted octanol–water partition coefficient (Wildman–Crippen LogP) is 4.84. The highest BCUT2D eigenvalue weighted by Crippen LogP contribution is 2.22. The average Bonchev–Trinajstić information content (AvgIpc) is 2.69. The lowest BCUT2D eigenvalue weighted by Gasteiger charge is -2.33. The largest absolute Gasteiger partial charge is 0.326 e. The van der Waals surface area contributed by atoms with Gasteiger partial charge in [-0.2, -0.15) is 0 Å². The summed E-state index contributed by atoms with van der Waals surface area (Å²) in [5.41, 5.74) is 5.15. The number of hydrogen-bond acceptors (Lipinski definition) is 2. The molecule has 2 aromatic carbocycles. The van der Waals surface area contributed by atoms with Crippen molar-refractivity contribution in [3.63, 3.8) is 0 Å². The maximum absolute atomic E-state index is 11.5. The lowest BCUT2D eigenvalue weighted by molar-refractivity contribution is -0.115. The first-order chi connectivity index (χ1) is 13.1. The Bertz CT molecular complexity index is 738. The molecule has 0 radical (unpaired) electrons. The number of likely N-dealkylation sites (tertiary alicyclic amines) is 1. The molecule has 1 atom stereocenters. The van der Waals surface area contributed by atoms with Crippen molar-refractivity contribution >= 4 is 11.6 Å². The van der Waals surface area contributed by atoms with Crippen LogP contribution in [0.3, 0.4) is 0 Å². The van der Waals surface area contributed by atoms with E-state index in [4.69, 9.17) is 0 Å². The van der Waals surface area contributed by atoms with Crippen molar-refractivity contribution < 1.29 is 4.79 Å². The number of carbonyl (C=O) groups is 1. The fourth-order valence-electron chi connectivity index (χ4n) is 4.00. The molecule has 0 spiro atoms. The molecule has 1 fully saturated rings. The summed E-state index contributed by atoms with van der Waals surface area (Å²) < 4.78 is 0. The number of rotatable bonds is 7. The van der Waals surface area contributed by atoms with Crippen molar-refractivity contribution in [1.29, 1.82) is 0 Å². The minimum Gasteiger partial charge on any atom is -0.326 e. The standard InChI is InChI=1S/C24H32N2O/c1-3-24(27)25-23-12-10-20(11-13-23)17-21-8-6-15-26(18-21)16-14-22-9-5-4-7-19(22)2/h4-5,7,9-13,21H,3,6,8,14-18H2,1-2H3,(H,25,27). The van der Waals surface area contributed by atoms with Crippen LogP contribution in [0, 0.1) is 12.8 Å². The molecule has 1 aliphatic heterocycles. The van der Waals surface area contributed by atoms with Gasteiger partial charge in [-0.1, -0.05) is 43.3 Å². The lowest BCUT2D eigenvalue weighted by atomic mass is 9.91. The van der Waals surface area contributed by atoms with E-state index >= 15 is 0 Å². The Kier molecular flexibility index (Phi) is 7.05. The van der Waals surface area contributed by atoms with E-state index in [0.29, 0.717) is 6.42 Å². The summed E-state index contributed by atoms with van der Waals surface area (Å²) in [6.45, 7) is 7.66. The zero-order valence-electron chi connectivity index (χ0n) is 16.7. The summed E-state index contributed by atoms with van der Waals surface area (Å²) in [4.78, 5) is 14.1. The van der Waals surface area contributed by atoms with Crippen LogP contribution in [0.4, 0.5) is 5.69 Å². The Labute approximate surface area is 163 Å². The Hall–Kier alpha value is -2.13. The maximum Gasteiger partial charge on any atom is 0.224 e. The van der Waals surface area contributed by atoms with Crippen LogP contribution in [0.1, 0.15) is 42.9 Å². The minimum absolute atomic E-state index is 0.0688. The van der Waals surface area contributed by atoms with E-state index in [0.717, 1.165) is 31.0 Å². The molecular weight excluding hydrogens is 332 g/mol. The minimum atomic E-state index is 0.0688. The van der Waals surface area contributed by atoms with Crippen LogP contribution in [0.25, 0.3) is 0 Å². The molecule has 3 heteroatoms. The van der Waals surface area contributed by atoms with Gasteiger partial charge in [0.25, 0.3) is 0 Å². The van der Waals surface area contributed by atoms with E-state index < -0.39 is 0 Å². The molecule has 3 rings (SSSR count). The summed E-state index contributed by atoms with van der Waals surface area (Å²) in [5, 5.41) is 2.92. The maximum atomic E-state index is 11.5. The number of hydrogen-bond donors (Lipinski definition) is 1. The number of carbonyl (C=O) groups excluding carboxylic acids is 1. The summed E-state index contributed by atoms with van der Waals surface area (Å²) in [6.07, 6.45) is 5.40. The van der Waals surface area contributed by atoms with Crippen LogP contribution in [0.2, 0.25) is 0 Å². The Balaban J connectivity index is 1.49. The van der Waals surface area contributed by atoms with Crippen molar-refractivity contribution in [2.24, 2.45) is 5.92 Å². The van der Waals surface area contributed by atoms with Crippen LogP contribution in [0.5, 0.6) is 0 Å². The first kappa shape index (κ1) is 19.6. The van der Waals surface area contributed by atoms with Crippen LogP contribution in [-0.2, 0) is 17.6 Å². The van der Waals surface area contributed by atoms with Crippen molar-refractivity contribution in [3.05, 3.63) is 65.2 Å². The van der Waals surface area contributed by atoms with Crippen molar-refractivity contribution in [2.75, 3.05) is 25.0 Å². The summed E-state index contributed by atoms with van der Waals surface area (Å²) in [6, 6.07) is 17.1.